The highest BCUT2D eigenvalue weighted by atomic mass is 79.9. The number of carbonyl (C=O) groups is 1. The molecule has 28 heavy (non-hydrogen) atoms. The molecule has 2 unspecified atom stereocenters. The Kier molecular flexibility index (Phi) is 6.22. The molecule has 2 aromatic rings. The van der Waals surface area contributed by atoms with E-state index in [2.05, 4.69) is 31.4 Å². The first kappa shape index (κ1) is 21.7. The van der Waals surface area contributed by atoms with Gasteiger partial charge < -0.3 is 5.32 Å². The monoisotopic (exact) mass is 523 g/mol. The number of carbonyl (C=O) groups excluding carboxylic acids is 1. The maximum Gasteiger partial charge on any atom is 0.230 e. The van der Waals surface area contributed by atoms with Gasteiger partial charge in [-0.3, -0.25) is 4.79 Å². The number of nitrogens with one attached hydrogen (secondary N) is 1. The third-order valence-corrected chi connectivity index (χ3v) is 8.13. The van der Waals surface area contributed by atoms with E-state index >= 15 is 0 Å². The first-order valence-corrected chi connectivity index (χ1v) is 12.2. The molecule has 1 aliphatic rings. The number of rotatable bonds is 6. The van der Waals surface area contributed by atoms with E-state index in [4.69, 9.17) is 23.2 Å². The van der Waals surface area contributed by atoms with Crippen molar-refractivity contribution in [2.75, 3.05) is 5.32 Å². The topological polar surface area (TPSA) is 89.0 Å². The molecule has 0 aliphatic heterocycles. The highest BCUT2D eigenvalue weighted by Crippen LogP contribution is 2.60. The van der Waals surface area contributed by atoms with Gasteiger partial charge in [-0.25, -0.2) is 8.42 Å². The molecule has 0 spiro atoms. The third kappa shape index (κ3) is 4.76. The van der Waals surface area contributed by atoms with E-state index in [0.29, 0.717) is 5.01 Å². The minimum atomic E-state index is -3.55. The van der Waals surface area contributed by atoms with Crippen LogP contribution in [0, 0.1) is 17.3 Å². The summed E-state index contributed by atoms with van der Waals surface area (Å²) >= 11 is 15.7. The van der Waals surface area contributed by atoms with Crippen molar-refractivity contribution in [2.45, 2.75) is 24.5 Å². The molecular formula is C17H16BrCl2N3O3S2. The van der Waals surface area contributed by atoms with Gasteiger partial charge in [-0.1, -0.05) is 64.3 Å². The van der Waals surface area contributed by atoms with Gasteiger partial charge in [-0.05, 0) is 41.7 Å². The van der Waals surface area contributed by atoms with E-state index in [1.165, 1.54) is 12.1 Å². The van der Waals surface area contributed by atoms with Gasteiger partial charge in [-0.2, -0.15) is 0 Å². The lowest BCUT2D eigenvalue weighted by atomic mass is 10.1. The van der Waals surface area contributed by atoms with Gasteiger partial charge in [0.25, 0.3) is 0 Å². The van der Waals surface area contributed by atoms with Crippen molar-refractivity contribution >= 4 is 71.3 Å². The van der Waals surface area contributed by atoms with Gasteiger partial charge in [0.2, 0.25) is 11.0 Å². The smallest absolute Gasteiger partial charge is 0.230 e. The standard InChI is InChI=1S/C17H16BrCl2N3O3S2/c1-17(2)11(7-12(19)20)14(17)15(24)21-16-23-22-13(27-16)8-28(25,26)10-5-3-9(18)4-6-10/h3-7,11,14H,8H2,1-2H3,(H,21,23,24). The average Bonchev–Trinajstić information content (AvgIpc) is 2.88. The summed E-state index contributed by atoms with van der Waals surface area (Å²) in [7, 11) is -3.55. The second kappa shape index (κ2) is 8.02. The minimum absolute atomic E-state index is 0.0670. The van der Waals surface area contributed by atoms with Crippen LogP contribution in [0.5, 0.6) is 0 Å². The van der Waals surface area contributed by atoms with Crippen molar-refractivity contribution < 1.29 is 13.2 Å². The molecule has 1 N–H and O–H groups in total. The lowest BCUT2D eigenvalue weighted by Gasteiger charge is -2.02. The van der Waals surface area contributed by atoms with Gasteiger partial charge in [-0.15, -0.1) is 10.2 Å². The summed E-state index contributed by atoms with van der Waals surface area (Å²) in [6, 6.07) is 6.37. The van der Waals surface area contributed by atoms with Gasteiger partial charge in [0.05, 0.1) is 10.8 Å². The molecule has 2 atom stereocenters. The summed E-state index contributed by atoms with van der Waals surface area (Å²) in [4.78, 5) is 12.7. The molecule has 1 aromatic heterocycles. The highest BCUT2D eigenvalue weighted by Gasteiger charge is 2.60. The van der Waals surface area contributed by atoms with E-state index < -0.39 is 9.84 Å². The molecule has 1 fully saturated rings. The molecule has 1 aliphatic carbocycles. The number of hydrogen-bond acceptors (Lipinski definition) is 6. The maximum absolute atomic E-state index is 12.5. The Morgan fingerprint density at radius 2 is 1.93 bits per heavy atom. The van der Waals surface area contributed by atoms with Crippen LogP contribution in [0.4, 0.5) is 5.13 Å². The van der Waals surface area contributed by atoms with Crippen molar-refractivity contribution in [1.29, 1.82) is 0 Å². The van der Waals surface area contributed by atoms with Crippen molar-refractivity contribution in [3.63, 3.8) is 0 Å². The second-order valence-electron chi connectivity index (χ2n) is 6.98. The Morgan fingerprint density at radius 1 is 1.29 bits per heavy atom. The van der Waals surface area contributed by atoms with Crippen LogP contribution in [0.25, 0.3) is 0 Å². The predicted molar refractivity (Wildman–Crippen MR) is 114 cm³/mol. The first-order chi connectivity index (χ1) is 13.0. The fourth-order valence-electron chi connectivity index (χ4n) is 3.06. The van der Waals surface area contributed by atoms with E-state index in [-0.39, 0.29) is 43.4 Å². The molecule has 0 bridgehead atoms. The molecular weight excluding hydrogens is 509 g/mol. The van der Waals surface area contributed by atoms with Gasteiger partial charge in [0.1, 0.15) is 15.3 Å². The number of nitrogens with zero attached hydrogens (tertiary/aromatic N) is 2. The van der Waals surface area contributed by atoms with Crippen LogP contribution in [0.15, 0.2) is 44.2 Å². The Hall–Kier alpha value is -1.000. The molecule has 150 valence electrons. The third-order valence-electron chi connectivity index (χ3n) is 4.68. The van der Waals surface area contributed by atoms with Crippen LogP contribution >= 0.6 is 50.5 Å². The molecule has 11 heteroatoms. The Balaban J connectivity index is 1.67. The summed E-state index contributed by atoms with van der Waals surface area (Å²) < 4.78 is 25.9. The summed E-state index contributed by atoms with van der Waals surface area (Å²) in [5.74, 6) is -0.870. The number of benzene rings is 1. The van der Waals surface area contributed by atoms with Gasteiger partial charge in [0.15, 0.2) is 9.84 Å². The molecule has 1 saturated carbocycles. The van der Waals surface area contributed by atoms with Crippen LogP contribution in [0.3, 0.4) is 0 Å². The number of halogens is 3. The fraction of sp³-hybridized carbons (Fsp3) is 0.353. The summed E-state index contributed by atoms with van der Waals surface area (Å²) in [5, 5.41) is 11.0. The van der Waals surface area contributed by atoms with E-state index in [1.54, 1.807) is 18.2 Å². The molecule has 0 saturated heterocycles. The number of anilines is 1. The molecule has 1 heterocycles. The molecule has 1 amide bonds. The van der Waals surface area contributed by atoms with Crippen LogP contribution in [0.2, 0.25) is 0 Å². The van der Waals surface area contributed by atoms with Gasteiger partial charge in [0, 0.05) is 4.47 Å². The molecule has 0 radical (unpaired) electrons. The normalized spacial score (nSPS) is 20.5. The summed E-state index contributed by atoms with van der Waals surface area (Å²) in [5.41, 5.74) is -0.266. The van der Waals surface area contributed by atoms with Gasteiger partial charge >= 0.3 is 0 Å². The van der Waals surface area contributed by atoms with Crippen LogP contribution in [0.1, 0.15) is 18.9 Å². The number of allylic oxidation sites excluding steroid dienone is 1. The first-order valence-electron chi connectivity index (χ1n) is 8.15. The second-order valence-corrected chi connectivity index (χ2v) is 12.0. The predicted octanol–water partition coefficient (Wildman–Crippen LogP) is 4.80. The Labute approximate surface area is 185 Å². The summed E-state index contributed by atoms with van der Waals surface area (Å²) in [6.45, 7) is 3.90. The number of sulfone groups is 1. The van der Waals surface area contributed by atoms with Crippen LogP contribution in [-0.4, -0.2) is 24.5 Å². The van der Waals surface area contributed by atoms with E-state index in [1.807, 2.05) is 13.8 Å². The summed E-state index contributed by atoms with van der Waals surface area (Å²) in [6.07, 6.45) is 1.66. The van der Waals surface area contributed by atoms with E-state index in [0.717, 1.165) is 15.8 Å². The van der Waals surface area contributed by atoms with Crippen LogP contribution < -0.4 is 5.32 Å². The zero-order chi connectivity index (χ0) is 20.7. The van der Waals surface area contributed by atoms with Crippen molar-refractivity contribution in [3.05, 3.63) is 44.3 Å². The van der Waals surface area contributed by atoms with Crippen molar-refractivity contribution in [1.82, 2.24) is 10.2 Å². The van der Waals surface area contributed by atoms with E-state index in [9.17, 15) is 13.2 Å². The largest absolute Gasteiger partial charge is 0.300 e. The SMILES string of the molecule is CC1(C)C(C=C(Cl)Cl)C1C(=O)Nc1nnc(CS(=O)(=O)c2ccc(Br)cc2)s1. The average molecular weight is 525 g/mol. The Morgan fingerprint density at radius 3 is 2.54 bits per heavy atom. The number of amides is 1. The minimum Gasteiger partial charge on any atom is -0.300 e. The zero-order valence-corrected chi connectivity index (χ0v) is 19.5. The zero-order valence-electron chi connectivity index (χ0n) is 14.8. The number of hydrogen-bond donors (Lipinski definition) is 1. The lowest BCUT2D eigenvalue weighted by molar-refractivity contribution is -0.118. The molecule has 3 rings (SSSR count). The van der Waals surface area contributed by atoms with Crippen molar-refractivity contribution in [2.24, 2.45) is 17.3 Å². The highest BCUT2D eigenvalue weighted by molar-refractivity contribution is 9.10. The molecule has 6 nitrogen and oxygen atoms in total. The fourth-order valence-corrected chi connectivity index (χ4v) is 5.93. The van der Waals surface area contributed by atoms with Crippen LogP contribution in [-0.2, 0) is 20.4 Å². The maximum atomic E-state index is 12.5. The quantitative estimate of drug-likeness (QED) is 0.586. The lowest BCUT2D eigenvalue weighted by Crippen LogP contribution is -2.16. The number of aromatic nitrogens is 2. The Bertz CT molecular complexity index is 1030. The van der Waals surface area contributed by atoms with Crippen molar-refractivity contribution in [3.8, 4) is 0 Å². The molecule has 1 aromatic carbocycles.